The lowest BCUT2D eigenvalue weighted by Gasteiger charge is -2.27. The van der Waals surface area contributed by atoms with Gasteiger partial charge in [-0.2, -0.15) is 0 Å². The van der Waals surface area contributed by atoms with Crippen molar-refractivity contribution in [2.24, 2.45) is 0 Å². The van der Waals surface area contributed by atoms with Gasteiger partial charge in [0.05, 0.1) is 6.26 Å². The zero-order valence-corrected chi connectivity index (χ0v) is 17.8. The summed E-state index contributed by atoms with van der Waals surface area (Å²) in [6.45, 7) is 1.44. The standard InChI is InChI=1S/C28H28O3/c1-21(29)31-28(24-16-9-4-10-17-24)27(23-14-7-3-8-15-23)30-20-25-18-11-19-26(25)22-12-5-2-6-13-22/h2-10,12-17,20,26-28H,11,18-19H2,1H3/b25-20-/t26-,27-,28-/m1/s1. The van der Waals surface area contributed by atoms with Crippen molar-refractivity contribution in [2.45, 2.75) is 44.3 Å². The number of hydrogen-bond acceptors (Lipinski definition) is 3. The van der Waals surface area contributed by atoms with Crippen molar-refractivity contribution >= 4 is 5.97 Å². The summed E-state index contributed by atoms with van der Waals surface area (Å²) in [5.41, 5.74) is 4.51. The number of rotatable bonds is 7. The SMILES string of the molecule is CC(=O)O[C@H](c1ccccc1)[C@H](O/C=C1/CCC[C@@H]1c1ccccc1)c1ccccc1. The van der Waals surface area contributed by atoms with Crippen molar-refractivity contribution in [3.63, 3.8) is 0 Å². The Bertz CT molecular complexity index is 996. The summed E-state index contributed by atoms with van der Waals surface area (Å²) in [4.78, 5) is 12.0. The molecule has 0 N–H and O–H groups in total. The highest BCUT2D eigenvalue weighted by molar-refractivity contribution is 5.66. The second-order valence-electron chi connectivity index (χ2n) is 7.96. The number of benzene rings is 3. The van der Waals surface area contributed by atoms with Crippen LogP contribution in [0.1, 0.15) is 61.0 Å². The van der Waals surface area contributed by atoms with Crippen molar-refractivity contribution in [3.05, 3.63) is 120 Å². The molecule has 0 amide bonds. The third-order valence-corrected chi connectivity index (χ3v) is 5.80. The van der Waals surface area contributed by atoms with Crippen molar-refractivity contribution in [1.29, 1.82) is 0 Å². The molecular formula is C28H28O3. The summed E-state index contributed by atoms with van der Waals surface area (Å²) in [5.74, 6) is 0.0515. The molecule has 3 aromatic rings. The summed E-state index contributed by atoms with van der Waals surface area (Å²) >= 11 is 0. The lowest BCUT2D eigenvalue weighted by Crippen LogP contribution is -2.19. The number of ether oxygens (including phenoxy) is 2. The van der Waals surface area contributed by atoms with Gasteiger partial charge < -0.3 is 9.47 Å². The van der Waals surface area contributed by atoms with Crippen molar-refractivity contribution in [2.75, 3.05) is 0 Å². The van der Waals surface area contributed by atoms with Gasteiger partial charge in [-0.15, -0.1) is 0 Å². The number of esters is 1. The van der Waals surface area contributed by atoms with Crippen LogP contribution >= 0.6 is 0 Å². The van der Waals surface area contributed by atoms with Crippen LogP contribution in [0, 0.1) is 0 Å². The van der Waals surface area contributed by atoms with Crippen molar-refractivity contribution in [3.8, 4) is 0 Å². The second kappa shape index (κ2) is 10.1. The van der Waals surface area contributed by atoms with Gasteiger partial charge in [-0.25, -0.2) is 0 Å². The van der Waals surface area contributed by atoms with E-state index in [1.807, 2.05) is 73.0 Å². The molecule has 3 aromatic carbocycles. The fourth-order valence-corrected chi connectivity index (χ4v) is 4.33. The zero-order chi connectivity index (χ0) is 21.5. The highest BCUT2D eigenvalue weighted by Gasteiger charge is 2.30. The van der Waals surface area contributed by atoms with E-state index in [1.54, 1.807) is 0 Å². The first-order valence-electron chi connectivity index (χ1n) is 10.9. The van der Waals surface area contributed by atoms with Gasteiger partial charge in [0.2, 0.25) is 0 Å². The zero-order valence-electron chi connectivity index (χ0n) is 17.8. The largest absolute Gasteiger partial charge is 0.489 e. The molecule has 0 aromatic heterocycles. The summed E-state index contributed by atoms with van der Waals surface area (Å²) in [7, 11) is 0. The normalized spacial score (nSPS) is 19.0. The molecule has 3 heteroatoms. The van der Waals surface area contributed by atoms with Gasteiger partial charge in [-0.3, -0.25) is 4.79 Å². The minimum Gasteiger partial charge on any atom is -0.489 e. The van der Waals surface area contributed by atoms with Crippen LogP contribution in [0.4, 0.5) is 0 Å². The Morgan fingerprint density at radius 2 is 1.39 bits per heavy atom. The van der Waals surface area contributed by atoms with Gasteiger partial charge in [0.1, 0.15) is 0 Å². The van der Waals surface area contributed by atoms with E-state index in [0.29, 0.717) is 5.92 Å². The predicted molar refractivity (Wildman–Crippen MR) is 122 cm³/mol. The van der Waals surface area contributed by atoms with Gasteiger partial charge in [0.15, 0.2) is 12.2 Å². The van der Waals surface area contributed by atoms with E-state index < -0.39 is 12.2 Å². The third-order valence-electron chi connectivity index (χ3n) is 5.80. The number of carbonyl (C=O) groups excluding carboxylic acids is 1. The van der Waals surface area contributed by atoms with Gasteiger partial charge >= 0.3 is 5.97 Å². The fraction of sp³-hybridized carbons (Fsp3) is 0.250. The Hall–Kier alpha value is -3.33. The molecule has 1 fully saturated rings. The second-order valence-corrected chi connectivity index (χ2v) is 7.96. The first kappa shape index (κ1) is 20.9. The van der Waals surface area contributed by atoms with E-state index in [4.69, 9.17) is 9.47 Å². The molecular weight excluding hydrogens is 384 g/mol. The Kier molecular flexibility index (Phi) is 6.83. The van der Waals surface area contributed by atoms with Crippen LogP contribution < -0.4 is 0 Å². The van der Waals surface area contributed by atoms with Crippen LogP contribution in [0.15, 0.2) is 103 Å². The summed E-state index contributed by atoms with van der Waals surface area (Å²) < 4.78 is 12.2. The average molecular weight is 413 g/mol. The number of carbonyl (C=O) groups is 1. The Morgan fingerprint density at radius 1 is 0.839 bits per heavy atom. The topological polar surface area (TPSA) is 35.5 Å². The molecule has 0 saturated heterocycles. The smallest absolute Gasteiger partial charge is 0.303 e. The molecule has 4 rings (SSSR count). The molecule has 0 heterocycles. The highest BCUT2D eigenvalue weighted by Crippen LogP contribution is 2.41. The molecule has 0 unspecified atom stereocenters. The summed E-state index contributed by atoms with van der Waals surface area (Å²) in [5, 5.41) is 0. The van der Waals surface area contributed by atoms with E-state index in [9.17, 15) is 4.79 Å². The van der Waals surface area contributed by atoms with Gasteiger partial charge in [-0.05, 0) is 41.5 Å². The van der Waals surface area contributed by atoms with E-state index in [2.05, 4.69) is 24.3 Å². The molecule has 0 bridgehead atoms. The average Bonchev–Trinajstić information content (AvgIpc) is 3.29. The Labute approximate surface area is 184 Å². The summed E-state index contributed by atoms with van der Waals surface area (Å²) in [6, 6.07) is 30.4. The molecule has 1 saturated carbocycles. The third kappa shape index (κ3) is 5.24. The molecule has 1 aliphatic carbocycles. The van der Waals surface area contributed by atoms with Crippen LogP contribution in [0.25, 0.3) is 0 Å². The van der Waals surface area contributed by atoms with Crippen LogP contribution in [-0.4, -0.2) is 5.97 Å². The van der Waals surface area contributed by atoms with E-state index in [0.717, 1.165) is 30.4 Å². The molecule has 158 valence electrons. The maximum atomic E-state index is 12.0. The van der Waals surface area contributed by atoms with Gasteiger partial charge in [-0.1, -0.05) is 91.0 Å². The van der Waals surface area contributed by atoms with Crippen LogP contribution in [0.2, 0.25) is 0 Å². The predicted octanol–water partition coefficient (Wildman–Crippen LogP) is 6.90. The first-order valence-corrected chi connectivity index (χ1v) is 10.9. The Morgan fingerprint density at radius 3 is 1.97 bits per heavy atom. The first-order chi connectivity index (χ1) is 15.2. The molecule has 0 spiro atoms. The maximum Gasteiger partial charge on any atom is 0.303 e. The Balaban J connectivity index is 1.67. The molecule has 1 aliphatic rings. The quantitative estimate of drug-likeness (QED) is 0.313. The van der Waals surface area contributed by atoms with E-state index >= 15 is 0 Å². The lowest BCUT2D eigenvalue weighted by molar-refractivity contribution is -0.153. The minimum absolute atomic E-state index is 0.325. The number of hydrogen-bond donors (Lipinski definition) is 0. The van der Waals surface area contributed by atoms with Crippen LogP contribution in [0.5, 0.6) is 0 Å². The van der Waals surface area contributed by atoms with Crippen LogP contribution in [0.3, 0.4) is 0 Å². The monoisotopic (exact) mass is 412 g/mol. The van der Waals surface area contributed by atoms with Crippen LogP contribution in [-0.2, 0) is 14.3 Å². The van der Waals surface area contributed by atoms with Crippen molar-refractivity contribution in [1.82, 2.24) is 0 Å². The molecule has 3 nitrogen and oxygen atoms in total. The van der Waals surface area contributed by atoms with Crippen molar-refractivity contribution < 1.29 is 14.3 Å². The maximum absolute atomic E-state index is 12.0. The van der Waals surface area contributed by atoms with Gasteiger partial charge in [0.25, 0.3) is 0 Å². The highest BCUT2D eigenvalue weighted by atomic mass is 16.6. The fourth-order valence-electron chi connectivity index (χ4n) is 4.33. The molecule has 31 heavy (non-hydrogen) atoms. The summed E-state index contributed by atoms with van der Waals surface area (Å²) in [6.07, 6.45) is 4.25. The minimum atomic E-state index is -0.533. The van der Waals surface area contributed by atoms with E-state index in [-0.39, 0.29) is 5.97 Å². The number of allylic oxidation sites excluding steroid dienone is 1. The molecule has 3 atom stereocenters. The lowest BCUT2D eigenvalue weighted by atomic mass is 9.94. The van der Waals surface area contributed by atoms with Gasteiger partial charge in [0, 0.05) is 12.8 Å². The van der Waals surface area contributed by atoms with E-state index in [1.165, 1.54) is 18.1 Å². The molecule has 0 aliphatic heterocycles. The molecule has 0 radical (unpaired) electrons.